The molecular weight excluding hydrogens is 222 g/mol. The first-order valence-electron chi connectivity index (χ1n) is 6.08. The largest absolute Gasteiger partial charge is 0.373 e. The highest BCUT2D eigenvalue weighted by molar-refractivity contribution is 7.84. The lowest BCUT2D eigenvalue weighted by molar-refractivity contribution is -0.102. The fourth-order valence-electron chi connectivity index (χ4n) is 1.91. The molecule has 3 nitrogen and oxygen atoms in total. The lowest BCUT2D eigenvalue weighted by Gasteiger charge is -2.39. The van der Waals surface area contributed by atoms with Gasteiger partial charge in [-0.05, 0) is 46.6 Å². The maximum Gasteiger partial charge on any atom is 0.0612 e. The quantitative estimate of drug-likeness (QED) is 0.726. The van der Waals surface area contributed by atoms with E-state index < -0.39 is 10.8 Å². The van der Waals surface area contributed by atoms with Crippen LogP contribution in [0, 0.1) is 0 Å². The van der Waals surface area contributed by atoms with Crippen LogP contribution in [0.2, 0.25) is 0 Å². The second-order valence-electron chi connectivity index (χ2n) is 5.61. The van der Waals surface area contributed by atoms with Crippen molar-refractivity contribution in [3.8, 4) is 0 Å². The molecule has 1 aliphatic carbocycles. The minimum absolute atomic E-state index is 0.0191. The summed E-state index contributed by atoms with van der Waals surface area (Å²) < 4.78 is 16.7. The second-order valence-corrected chi connectivity index (χ2v) is 7.16. The van der Waals surface area contributed by atoms with Gasteiger partial charge in [-0.25, -0.2) is 0 Å². The Labute approximate surface area is 102 Å². The Bertz CT molecular complexity index is 232. The molecule has 1 saturated carbocycles. The molecule has 4 heteroatoms. The second kappa shape index (κ2) is 6.12. The molecular formula is C12H25NO2S. The maximum atomic E-state index is 10.8. The molecule has 96 valence electrons. The Morgan fingerprint density at radius 1 is 1.38 bits per heavy atom. The van der Waals surface area contributed by atoms with Crippen LogP contribution in [-0.2, 0) is 15.5 Å². The van der Waals surface area contributed by atoms with Crippen LogP contribution >= 0.6 is 0 Å². The average molecular weight is 247 g/mol. The summed E-state index contributed by atoms with van der Waals surface area (Å²) in [6.45, 7) is 7.28. The van der Waals surface area contributed by atoms with E-state index in [0.29, 0.717) is 12.1 Å². The van der Waals surface area contributed by atoms with Crippen LogP contribution in [0.25, 0.3) is 0 Å². The SMILES string of the molecule is CS(=O)CCCNC1CC(OC(C)(C)C)C1. The molecule has 1 aliphatic rings. The summed E-state index contributed by atoms with van der Waals surface area (Å²) in [5.41, 5.74) is -0.0191. The molecule has 1 atom stereocenters. The summed E-state index contributed by atoms with van der Waals surface area (Å²) in [5.74, 6) is 0.807. The minimum atomic E-state index is -0.649. The standard InChI is InChI=1S/C12H25NO2S/c1-12(2,3)15-11-8-10(9-11)13-6-5-7-16(4)14/h10-11,13H,5-9H2,1-4H3. The van der Waals surface area contributed by atoms with E-state index in [-0.39, 0.29) is 5.60 Å². The van der Waals surface area contributed by atoms with Gasteiger partial charge in [-0.3, -0.25) is 4.21 Å². The number of hydrogen-bond acceptors (Lipinski definition) is 3. The molecule has 0 aliphatic heterocycles. The van der Waals surface area contributed by atoms with Crippen LogP contribution in [0.4, 0.5) is 0 Å². The zero-order chi connectivity index (χ0) is 12.2. The fourth-order valence-corrected chi connectivity index (χ4v) is 2.46. The van der Waals surface area contributed by atoms with Crippen molar-refractivity contribution in [3.63, 3.8) is 0 Å². The fraction of sp³-hybridized carbons (Fsp3) is 1.00. The number of ether oxygens (including phenoxy) is 1. The van der Waals surface area contributed by atoms with Gasteiger partial charge in [0.1, 0.15) is 0 Å². The van der Waals surface area contributed by atoms with E-state index in [1.165, 1.54) is 0 Å². The molecule has 1 fully saturated rings. The Morgan fingerprint density at radius 3 is 2.50 bits per heavy atom. The predicted octanol–water partition coefficient (Wildman–Crippen LogP) is 1.69. The van der Waals surface area contributed by atoms with Gasteiger partial charge in [-0.1, -0.05) is 0 Å². The molecule has 0 amide bonds. The smallest absolute Gasteiger partial charge is 0.0612 e. The molecule has 0 aromatic rings. The third kappa shape index (κ3) is 5.97. The summed E-state index contributed by atoms with van der Waals surface area (Å²) in [4.78, 5) is 0. The van der Waals surface area contributed by atoms with E-state index in [9.17, 15) is 4.21 Å². The van der Waals surface area contributed by atoms with Gasteiger partial charge in [-0.2, -0.15) is 0 Å². The first-order chi connectivity index (χ1) is 7.37. The Balaban J connectivity index is 1.98. The van der Waals surface area contributed by atoms with Gasteiger partial charge in [0.15, 0.2) is 0 Å². The van der Waals surface area contributed by atoms with E-state index in [1.807, 2.05) is 0 Å². The maximum absolute atomic E-state index is 10.8. The summed E-state index contributed by atoms with van der Waals surface area (Å²) in [6.07, 6.45) is 5.43. The highest BCUT2D eigenvalue weighted by Crippen LogP contribution is 2.27. The topological polar surface area (TPSA) is 38.3 Å². The summed E-state index contributed by atoms with van der Waals surface area (Å²) in [7, 11) is -0.649. The van der Waals surface area contributed by atoms with Crippen LogP contribution in [-0.4, -0.2) is 40.5 Å². The summed E-state index contributed by atoms with van der Waals surface area (Å²) in [5, 5.41) is 3.48. The molecule has 0 spiro atoms. The van der Waals surface area contributed by atoms with Crippen molar-refractivity contribution in [1.82, 2.24) is 5.32 Å². The summed E-state index contributed by atoms with van der Waals surface area (Å²) in [6, 6.07) is 0.609. The number of nitrogens with one attached hydrogen (secondary N) is 1. The van der Waals surface area contributed by atoms with Gasteiger partial charge in [0.25, 0.3) is 0 Å². The molecule has 1 unspecified atom stereocenters. The van der Waals surface area contributed by atoms with E-state index in [1.54, 1.807) is 6.26 Å². The molecule has 1 rings (SSSR count). The van der Waals surface area contributed by atoms with Crippen molar-refractivity contribution in [2.24, 2.45) is 0 Å². The van der Waals surface area contributed by atoms with Crippen molar-refractivity contribution in [3.05, 3.63) is 0 Å². The van der Waals surface area contributed by atoms with Gasteiger partial charge in [0.05, 0.1) is 11.7 Å². The van der Waals surface area contributed by atoms with Gasteiger partial charge in [0.2, 0.25) is 0 Å². The van der Waals surface area contributed by atoms with Gasteiger partial charge in [-0.15, -0.1) is 0 Å². The lowest BCUT2D eigenvalue weighted by Crippen LogP contribution is -2.48. The van der Waals surface area contributed by atoms with E-state index in [0.717, 1.165) is 31.6 Å². The van der Waals surface area contributed by atoms with E-state index >= 15 is 0 Å². The van der Waals surface area contributed by atoms with Crippen LogP contribution in [0.5, 0.6) is 0 Å². The lowest BCUT2D eigenvalue weighted by atomic mass is 9.88. The normalized spacial score (nSPS) is 27.5. The van der Waals surface area contributed by atoms with Crippen molar-refractivity contribution in [2.45, 2.75) is 57.8 Å². The molecule has 0 bridgehead atoms. The van der Waals surface area contributed by atoms with Gasteiger partial charge >= 0.3 is 0 Å². The first-order valence-corrected chi connectivity index (χ1v) is 7.81. The molecule has 1 N–H and O–H groups in total. The number of hydrogen-bond donors (Lipinski definition) is 1. The molecule has 0 aromatic heterocycles. The molecule has 16 heavy (non-hydrogen) atoms. The van der Waals surface area contributed by atoms with E-state index in [4.69, 9.17) is 4.74 Å². The van der Waals surface area contributed by atoms with Crippen LogP contribution < -0.4 is 5.32 Å². The Hall–Kier alpha value is 0.0700. The van der Waals surface area contributed by atoms with Crippen LogP contribution in [0.1, 0.15) is 40.0 Å². The first kappa shape index (κ1) is 14.1. The third-order valence-corrected chi connectivity index (χ3v) is 3.52. The van der Waals surface area contributed by atoms with Crippen LogP contribution in [0.15, 0.2) is 0 Å². The van der Waals surface area contributed by atoms with Gasteiger partial charge < -0.3 is 10.1 Å². The predicted molar refractivity (Wildman–Crippen MR) is 69.2 cm³/mol. The minimum Gasteiger partial charge on any atom is -0.373 e. The Morgan fingerprint density at radius 2 is 2.00 bits per heavy atom. The molecule has 0 saturated heterocycles. The molecule has 0 aromatic carbocycles. The summed E-state index contributed by atoms with van der Waals surface area (Å²) >= 11 is 0. The van der Waals surface area contributed by atoms with Crippen LogP contribution in [0.3, 0.4) is 0 Å². The van der Waals surface area contributed by atoms with Gasteiger partial charge in [0, 0.05) is 28.9 Å². The highest BCUT2D eigenvalue weighted by Gasteiger charge is 2.32. The Kier molecular flexibility index (Phi) is 5.41. The number of rotatable bonds is 6. The van der Waals surface area contributed by atoms with Crippen molar-refractivity contribution in [2.75, 3.05) is 18.6 Å². The molecule has 0 radical (unpaired) electrons. The van der Waals surface area contributed by atoms with Crippen molar-refractivity contribution < 1.29 is 8.95 Å². The zero-order valence-corrected chi connectivity index (χ0v) is 11.7. The average Bonchev–Trinajstić information content (AvgIpc) is 2.04. The van der Waals surface area contributed by atoms with E-state index in [2.05, 4.69) is 26.1 Å². The highest BCUT2D eigenvalue weighted by atomic mass is 32.2. The zero-order valence-electron chi connectivity index (χ0n) is 10.9. The third-order valence-electron chi connectivity index (χ3n) is 2.66. The molecule has 0 heterocycles. The monoisotopic (exact) mass is 247 g/mol. The van der Waals surface area contributed by atoms with Crippen molar-refractivity contribution >= 4 is 10.8 Å². The van der Waals surface area contributed by atoms with Crippen molar-refractivity contribution in [1.29, 1.82) is 0 Å².